The van der Waals surface area contributed by atoms with Crippen molar-refractivity contribution in [1.29, 1.82) is 0 Å². The molecule has 0 fully saturated rings. The van der Waals surface area contributed by atoms with Gasteiger partial charge in [-0.05, 0) is 91.3 Å². The molecule has 0 unspecified atom stereocenters. The molecule has 0 atom stereocenters. The summed E-state index contributed by atoms with van der Waals surface area (Å²) in [6, 6.07) is 61.7. The Morgan fingerprint density at radius 3 is 1.60 bits per heavy atom. The number of anilines is 3. The maximum Gasteiger partial charge on any atom is 0.114 e. The molecule has 0 spiro atoms. The van der Waals surface area contributed by atoms with Crippen LogP contribution in [0.4, 0.5) is 17.1 Å². The van der Waals surface area contributed by atoms with Crippen LogP contribution in [0.15, 0.2) is 170 Å². The third-order valence-electron chi connectivity index (χ3n) is 10.3. The predicted octanol–water partition coefficient (Wildman–Crippen LogP) is 12.7. The van der Waals surface area contributed by atoms with E-state index in [9.17, 15) is 0 Å². The van der Waals surface area contributed by atoms with Gasteiger partial charge in [-0.25, -0.2) is 4.98 Å². The maximum absolute atomic E-state index is 5.05. The third-order valence-corrected chi connectivity index (χ3v) is 10.3. The van der Waals surface area contributed by atoms with Gasteiger partial charge in [0, 0.05) is 12.1 Å². The molecule has 0 aliphatic carbocycles. The summed E-state index contributed by atoms with van der Waals surface area (Å²) < 4.78 is 2.36. The second-order valence-electron chi connectivity index (χ2n) is 13.0. The van der Waals surface area contributed by atoms with Crippen LogP contribution < -0.4 is 4.90 Å². The first-order valence-electron chi connectivity index (χ1n) is 17.4. The van der Waals surface area contributed by atoms with Crippen molar-refractivity contribution < 1.29 is 0 Å². The average molecular weight is 640 g/mol. The summed E-state index contributed by atoms with van der Waals surface area (Å²) in [5.41, 5.74) is 14.2. The van der Waals surface area contributed by atoms with Crippen LogP contribution in [0.1, 0.15) is 12.7 Å². The van der Waals surface area contributed by atoms with E-state index in [0.717, 1.165) is 46.0 Å². The number of hydrogen-bond donors (Lipinski definition) is 0. The molecule has 3 nitrogen and oxygen atoms in total. The van der Waals surface area contributed by atoms with Crippen molar-refractivity contribution in [2.24, 2.45) is 0 Å². The van der Waals surface area contributed by atoms with Crippen molar-refractivity contribution in [3.8, 4) is 39.1 Å². The molecule has 3 heteroatoms. The largest absolute Gasteiger partial charge is 0.306 e. The maximum atomic E-state index is 5.05. The van der Waals surface area contributed by atoms with E-state index >= 15 is 0 Å². The minimum Gasteiger partial charge on any atom is -0.306 e. The summed E-state index contributed by atoms with van der Waals surface area (Å²) in [6.07, 6.45) is 0.859. The smallest absolute Gasteiger partial charge is 0.114 e. The summed E-state index contributed by atoms with van der Waals surface area (Å²) in [4.78, 5) is 7.44. The average Bonchev–Trinajstić information content (AvgIpc) is 3.57. The Labute approximate surface area is 291 Å². The second-order valence-corrected chi connectivity index (χ2v) is 13.0. The molecule has 1 aromatic heterocycles. The molecule has 0 N–H and O–H groups in total. The molecule has 1 aliphatic heterocycles. The van der Waals surface area contributed by atoms with Gasteiger partial charge in [-0.15, -0.1) is 0 Å². The lowest BCUT2D eigenvalue weighted by atomic mass is 9.86. The summed E-state index contributed by atoms with van der Waals surface area (Å²) >= 11 is 0. The molecule has 1 aliphatic rings. The van der Waals surface area contributed by atoms with Crippen LogP contribution in [-0.2, 0) is 6.42 Å². The molecule has 236 valence electrons. The first kappa shape index (κ1) is 28.6. The summed E-state index contributed by atoms with van der Waals surface area (Å²) in [6.45, 7) is 2.19. The lowest BCUT2D eigenvalue weighted by Gasteiger charge is -2.33. The standard InChI is InChI=1S/C47H33N3/c1-2-44-48-40-22-13-23-42-47(40)50(44)41-29-28-34(30-43(41)49(42)35-16-7-4-8-17-35)31-24-26-33(27-25-31)46-38-20-11-9-18-36(38)45(32-14-5-3-6-15-32)37-19-10-12-21-39(37)46/h3-30H,2H2,1H3. The number of benzene rings is 8. The number of aryl methyl sites for hydroxylation is 1. The Kier molecular flexibility index (Phi) is 6.47. The van der Waals surface area contributed by atoms with Crippen molar-refractivity contribution in [2.75, 3.05) is 4.90 Å². The van der Waals surface area contributed by atoms with Gasteiger partial charge < -0.3 is 4.90 Å². The second kappa shape index (κ2) is 11.3. The fraction of sp³-hybridized carbons (Fsp3) is 0.0426. The molecule has 0 saturated heterocycles. The lowest BCUT2D eigenvalue weighted by molar-refractivity contribution is 0.900. The highest BCUT2D eigenvalue weighted by Gasteiger charge is 2.29. The molecular weight excluding hydrogens is 607 g/mol. The third kappa shape index (κ3) is 4.27. The van der Waals surface area contributed by atoms with Crippen LogP contribution in [0, 0.1) is 0 Å². The molecule has 50 heavy (non-hydrogen) atoms. The Morgan fingerprint density at radius 1 is 0.440 bits per heavy atom. The minimum absolute atomic E-state index is 0.859. The van der Waals surface area contributed by atoms with E-state index in [1.165, 1.54) is 54.9 Å². The van der Waals surface area contributed by atoms with E-state index < -0.39 is 0 Å². The Bertz CT molecular complexity index is 2670. The van der Waals surface area contributed by atoms with Crippen LogP contribution >= 0.6 is 0 Å². The van der Waals surface area contributed by atoms with Crippen LogP contribution in [0.5, 0.6) is 0 Å². The monoisotopic (exact) mass is 639 g/mol. The molecule has 9 aromatic rings. The van der Waals surface area contributed by atoms with Gasteiger partial charge in [0.2, 0.25) is 0 Å². The number of aromatic nitrogens is 2. The normalized spacial score (nSPS) is 12.1. The van der Waals surface area contributed by atoms with Gasteiger partial charge in [0.25, 0.3) is 0 Å². The zero-order valence-electron chi connectivity index (χ0n) is 27.7. The van der Waals surface area contributed by atoms with Gasteiger partial charge in [-0.2, -0.15) is 0 Å². The van der Waals surface area contributed by atoms with E-state index in [1.54, 1.807) is 0 Å². The lowest BCUT2D eigenvalue weighted by Crippen LogP contribution is -2.19. The van der Waals surface area contributed by atoms with Crippen molar-refractivity contribution in [1.82, 2.24) is 9.55 Å². The number of fused-ring (bicyclic) bond motifs is 4. The molecule has 0 bridgehead atoms. The molecule has 0 amide bonds. The van der Waals surface area contributed by atoms with E-state index in [1.807, 2.05) is 0 Å². The van der Waals surface area contributed by atoms with Gasteiger partial charge >= 0.3 is 0 Å². The van der Waals surface area contributed by atoms with Crippen molar-refractivity contribution in [3.05, 3.63) is 176 Å². The van der Waals surface area contributed by atoms with E-state index in [4.69, 9.17) is 4.98 Å². The SMILES string of the molecule is CCc1nc2cccc3c2n1-c1ccc(-c2ccc(-c4c5ccccc5c(-c5ccccc5)c5ccccc45)cc2)cc1N3c1ccccc1. The highest BCUT2D eigenvalue weighted by molar-refractivity contribution is 6.21. The molecule has 8 aromatic carbocycles. The highest BCUT2D eigenvalue weighted by Crippen LogP contribution is 2.49. The van der Waals surface area contributed by atoms with Crippen molar-refractivity contribution in [3.63, 3.8) is 0 Å². The molecule has 10 rings (SSSR count). The van der Waals surface area contributed by atoms with Crippen LogP contribution in [0.2, 0.25) is 0 Å². The van der Waals surface area contributed by atoms with Crippen LogP contribution in [0.3, 0.4) is 0 Å². The van der Waals surface area contributed by atoms with Gasteiger partial charge in [0.15, 0.2) is 0 Å². The molecule has 0 saturated carbocycles. The zero-order valence-corrected chi connectivity index (χ0v) is 27.7. The van der Waals surface area contributed by atoms with Gasteiger partial charge in [-0.1, -0.05) is 140 Å². The van der Waals surface area contributed by atoms with Gasteiger partial charge in [-0.3, -0.25) is 4.57 Å². The number of imidazole rings is 1. The fourth-order valence-electron chi connectivity index (χ4n) is 8.07. The zero-order chi connectivity index (χ0) is 33.2. The number of rotatable bonds is 5. The summed E-state index contributed by atoms with van der Waals surface area (Å²) in [5, 5.41) is 5.07. The van der Waals surface area contributed by atoms with Gasteiger partial charge in [0.05, 0.1) is 28.1 Å². The highest BCUT2D eigenvalue weighted by atomic mass is 15.2. The van der Waals surface area contributed by atoms with E-state index in [-0.39, 0.29) is 0 Å². The van der Waals surface area contributed by atoms with Crippen molar-refractivity contribution in [2.45, 2.75) is 13.3 Å². The van der Waals surface area contributed by atoms with Crippen molar-refractivity contribution >= 4 is 49.6 Å². The number of para-hydroxylation sites is 2. The Balaban J connectivity index is 1.13. The molecule has 2 heterocycles. The first-order valence-corrected chi connectivity index (χ1v) is 17.4. The van der Waals surface area contributed by atoms with E-state index in [2.05, 4.69) is 186 Å². The minimum atomic E-state index is 0.859. The predicted molar refractivity (Wildman–Crippen MR) is 210 cm³/mol. The quantitative estimate of drug-likeness (QED) is 0.175. The first-order chi connectivity index (χ1) is 24.8. The number of nitrogens with zero attached hydrogens (tertiary/aromatic N) is 3. The molecular formula is C47H33N3. The molecule has 0 radical (unpaired) electrons. The topological polar surface area (TPSA) is 21.1 Å². The summed E-state index contributed by atoms with van der Waals surface area (Å²) in [5.74, 6) is 1.08. The van der Waals surface area contributed by atoms with Gasteiger partial charge in [0.1, 0.15) is 5.82 Å². The Hall–Kier alpha value is -6.45. The van der Waals surface area contributed by atoms with Crippen LogP contribution in [-0.4, -0.2) is 9.55 Å². The summed E-state index contributed by atoms with van der Waals surface area (Å²) in [7, 11) is 0. The van der Waals surface area contributed by atoms with E-state index in [0.29, 0.717) is 0 Å². The number of hydrogen-bond acceptors (Lipinski definition) is 2. The van der Waals surface area contributed by atoms with Crippen LogP contribution in [0.25, 0.3) is 71.6 Å². The Morgan fingerprint density at radius 2 is 0.980 bits per heavy atom. The fourth-order valence-corrected chi connectivity index (χ4v) is 8.07.